The third kappa shape index (κ3) is 11.9. The molecule has 0 spiro atoms. The van der Waals surface area contributed by atoms with Crippen LogP contribution >= 0.6 is 11.6 Å². The van der Waals surface area contributed by atoms with Gasteiger partial charge in [0.15, 0.2) is 0 Å². The highest BCUT2D eigenvalue weighted by molar-refractivity contribution is 6.31. The lowest BCUT2D eigenvalue weighted by atomic mass is 10.0. The lowest BCUT2D eigenvalue weighted by Crippen LogP contribution is -2.23. The summed E-state index contributed by atoms with van der Waals surface area (Å²) < 4.78 is 11.8. The predicted molar refractivity (Wildman–Crippen MR) is 137 cm³/mol. The first-order valence-electron chi connectivity index (χ1n) is 12.9. The van der Waals surface area contributed by atoms with E-state index in [1.54, 1.807) is 12.1 Å². The molecule has 0 saturated heterocycles. The fourth-order valence-electron chi connectivity index (χ4n) is 3.72. The highest BCUT2D eigenvalue weighted by Gasteiger charge is 2.25. The van der Waals surface area contributed by atoms with Crippen molar-refractivity contribution in [3.05, 3.63) is 34.3 Å². The summed E-state index contributed by atoms with van der Waals surface area (Å²) in [7, 11) is 0. The molecule has 1 aromatic carbocycles. The van der Waals surface area contributed by atoms with Crippen LogP contribution in [-0.4, -0.2) is 24.1 Å². The summed E-state index contributed by atoms with van der Waals surface area (Å²) in [5.41, 5.74) is 0.421. The third-order valence-corrected chi connectivity index (χ3v) is 6.10. The number of halogens is 1. The Hall–Kier alpha value is -1.55. The quantitative estimate of drug-likeness (QED) is 0.222. The molecule has 1 aromatic rings. The molecule has 0 bridgehead atoms. The molecule has 33 heavy (non-hydrogen) atoms. The van der Waals surface area contributed by atoms with Gasteiger partial charge in [-0.2, -0.15) is 0 Å². The largest absolute Gasteiger partial charge is 0.459 e. The molecule has 188 valence electrons. The number of hydrogen-bond acceptors (Lipinski definition) is 4. The summed E-state index contributed by atoms with van der Waals surface area (Å²) in [6, 6.07) is 4.72. The van der Waals surface area contributed by atoms with Crippen molar-refractivity contribution in [3.8, 4) is 0 Å². The van der Waals surface area contributed by atoms with Crippen molar-refractivity contribution >= 4 is 23.5 Å². The molecular weight excluding hydrogens is 436 g/mol. The van der Waals surface area contributed by atoms with E-state index in [4.69, 9.17) is 21.1 Å². The zero-order valence-electron chi connectivity index (χ0n) is 21.6. The maximum atomic E-state index is 13.1. The van der Waals surface area contributed by atoms with Gasteiger partial charge in [0, 0.05) is 5.02 Å². The Balaban J connectivity index is 3.02. The molecule has 0 heterocycles. The first-order chi connectivity index (χ1) is 15.7. The van der Waals surface area contributed by atoms with E-state index in [1.807, 2.05) is 0 Å². The number of carbonyl (C=O) groups is 2. The molecule has 0 radical (unpaired) electrons. The van der Waals surface area contributed by atoms with Crippen LogP contribution in [-0.2, 0) is 9.47 Å². The molecule has 2 atom stereocenters. The fraction of sp³-hybridized carbons (Fsp3) is 0.714. The van der Waals surface area contributed by atoms with E-state index in [0.717, 1.165) is 64.2 Å². The SMILES string of the molecule is CCCCC(CCC(C)C)OC(=O)c1ccc(Cl)cc1C(=O)OC(CCCC)CCC(C)C. The zero-order valence-corrected chi connectivity index (χ0v) is 22.4. The molecular formula is C28H45ClO4. The lowest BCUT2D eigenvalue weighted by Gasteiger charge is -2.21. The number of esters is 2. The van der Waals surface area contributed by atoms with Crippen LogP contribution in [0.1, 0.15) is 126 Å². The van der Waals surface area contributed by atoms with Crippen LogP contribution in [0.25, 0.3) is 0 Å². The van der Waals surface area contributed by atoms with Gasteiger partial charge < -0.3 is 9.47 Å². The molecule has 0 aliphatic heterocycles. The van der Waals surface area contributed by atoms with Crippen LogP contribution in [0.5, 0.6) is 0 Å². The topological polar surface area (TPSA) is 52.6 Å². The molecule has 2 unspecified atom stereocenters. The van der Waals surface area contributed by atoms with E-state index in [2.05, 4.69) is 41.5 Å². The molecule has 0 amide bonds. The van der Waals surface area contributed by atoms with Crippen LogP contribution < -0.4 is 0 Å². The van der Waals surface area contributed by atoms with Crippen molar-refractivity contribution in [1.82, 2.24) is 0 Å². The van der Waals surface area contributed by atoms with Gasteiger partial charge in [-0.25, -0.2) is 9.59 Å². The van der Waals surface area contributed by atoms with Crippen molar-refractivity contribution in [3.63, 3.8) is 0 Å². The second kappa shape index (κ2) is 16.1. The van der Waals surface area contributed by atoms with Crippen molar-refractivity contribution in [2.75, 3.05) is 0 Å². The fourth-order valence-corrected chi connectivity index (χ4v) is 3.89. The van der Waals surface area contributed by atoms with Crippen LogP contribution in [0.3, 0.4) is 0 Å². The minimum Gasteiger partial charge on any atom is -0.459 e. The summed E-state index contributed by atoms with van der Waals surface area (Å²) in [5, 5.41) is 0.396. The van der Waals surface area contributed by atoms with E-state index in [-0.39, 0.29) is 23.3 Å². The molecule has 4 nitrogen and oxygen atoms in total. The molecule has 1 rings (SSSR count). The number of unbranched alkanes of at least 4 members (excludes halogenated alkanes) is 2. The van der Waals surface area contributed by atoms with Gasteiger partial charge in [0.25, 0.3) is 0 Å². The maximum Gasteiger partial charge on any atom is 0.339 e. The molecule has 0 fully saturated rings. The Labute approximate surface area is 206 Å². The Morgan fingerprint density at radius 2 is 1.18 bits per heavy atom. The zero-order chi connectivity index (χ0) is 24.8. The van der Waals surface area contributed by atoms with Crippen molar-refractivity contribution in [2.45, 2.75) is 118 Å². The summed E-state index contributed by atoms with van der Waals surface area (Å²) >= 11 is 6.19. The van der Waals surface area contributed by atoms with Crippen molar-refractivity contribution in [2.24, 2.45) is 11.8 Å². The van der Waals surface area contributed by atoms with Gasteiger partial charge in [-0.15, -0.1) is 0 Å². The van der Waals surface area contributed by atoms with Gasteiger partial charge in [0.05, 0.1) is 11.1 Å². The summed E-state index contributed by atoms with van der Waals surface area (Å²) in [6.07, 6.45) is 9.05. The molecule has 0 aliphatic rings. The Bertz CT molecular complexity index is 714. The minimum atomic E-state index is -0.499. The van der Waals surface area contributed by atoms with Gasteiger partial charge in [-0.3, -0.25) is 0 Å². The van der Waals surface area contributed by atoms with Gasteiger partial charge in [0.1, 0.15) is 12.2 Å². The monoisotopic (exact) mass is 480 g/mol. The number of carbonyl (C=O) groups excluding carboxylic acids is 2. The van der Waals surface area contributed by atoms with E-state index in [0.29, 0.717) is 16.9 Å². The van der Waals surface area contributed by atoms with Crippen LogP contribution in [0.2, 0.25) is 5.02 Å². The summed E-state index contributed by atoms with van der Waals surface area (Å²) in [6.45, 7) is 12.9. The average molecular weight is 481 g/mol. The van der Waals surface area contributed by atoms with Crippen molar-refractivity contribution < 1.29 is 19.1 Å². The standard InChI is InChI=1S/C28H45ClO4/c1-7-9-11-23(16-13-20(3)4)32-27(30)25-18-15-22(29)19-26(25)28(31)33-24(12-10-8-2)17-14-21(5)6/h15,18-21,23-24H,7-14,16-17H2,1-6H3. The second-order valence-corrected chi connectivity index (χ2v) is 10.4. The van der Waals surface area contributed by atoms with E-state index < -0.39 is 11.9 Å². The average Bonchev–Trinajstić information content (AvgIpc) is 2.76. The Morgan fingerprint density at radius 1 is 0.727 bits per heavy atom. The Morgan fingerprint density at radius 3 is 1.61 bits per heavy atom. The number of ether oxygens (including phenoxy) is 2. The number of hydrogen-bond donors (Lipinski definition) is 0. The van der Waals surface area contributed by atoms with Crippen LogP contribution in [0.15, 0.2) is 18.2 Å². The van der Waals surface area contributed by atoms with E-state index >= 15 is 0 Å². The first kappa shape index (κ1) is 29.5. The first-order valence-corrected chi connectivity index (χ1v) is 13.3. The van der Waals surface area contributed by atoms with E-state index in [1.165, 1.54) is 6.07 Å². The normalized spacial score (nSPS) is 13.2. The van der Waals surface area contributed by atoms with Crippen LogP contribution in [0, 0.1) is 11.8 Å². The molecule has 0 aromatic heterocycles. The highest BCUT2D eigenvalue weighted by Crippen LogP contribution is 2.23. The number of benzene rings is 1. The summed E-state index contributed by atoms with van der Waals surface area (Å²) in [5.74, 6) is 0.104. The second-order valence-electron chi connectivity index (χ2n) is 9.97. The third-order valence-electron chi connectivity index (χ3n) is 5.86. The highest BCUT2D eigenvalue weighted by atomic mass is 35.5. The minimum absolute atomic E-state index is 0.150. The predicted octanol–water partition coefficient (Wildman–Crippen LogP) is 8.64. The van der Waals surface area contributed by atoms with Crippen LogP contribution in [0.4, 0.5) is 0 Å². The van der Waals surface area contributed by atoms with Gasteiger partial charge in [-0.1, -0.05) is 78.8 Å². The van der Waals surface area contributed by atoms with Crippen molar-refractivity contribution in [1.29, 1.82) is 0 Å². The molecule has 0 aliphatic carbocycles. The lowest BCUT2D eigenvalue weighted by molar-refractivity contribution is 0.0196. The molecule has 0 saturated carbocycles. The Kier molecular flexibility index (Phi) is 14.4. The van der Waals surface area contributed by atoms with E-state index in [9.17, 15) is 9.59 Å². The molecule has 0 N–H and O–H groups in total. The van der Waals surface area contributed by atoms with Gasteiger partial charge in [0.2, 0.25) is 0 Å². The maximum absolute atomic E-state index is 13.1. The van der Waals surface area contributed by atoms with Gasteiger partial charge in [-0.05, 0) is 68.6 Å². The van der Waals surface area contributed by atoms with Gasteiger partial charge >= 0.3 is 11.9 Å². The molecule has 5 heteroatoms. The summed E-state index contributed by atoms with van der Waals surface area (Å²) in [4.78, 5) is 26.2. The number of rotatable bonds is 16. The smallest absolute Gasteiger partial charge is 0.339 e.